The van der Waals surface area contributed by atoms with Crippen molar-refractivity contribution in [2.24, 2.45) is 5.41 Å². The Kier molecular flexibility index (Phi) is 7.87. The van der Waals surface area contributed by atoms with Crippen molar-refractivity contribution in [3.63, 3.8) is 0 Å². The zero-order valence-electron chi connectivity index (χ0n) is 16.7. The Morgan fingerprint density at radius 1 is 1.37 bits per heavy atom. The van der Waals surface area contributed by atoms with E-state index >= 15 is 0 Å². The third-order valence-corrected chi connectivity index (χ3v) is 4.81. The number of amides is 2. The van der Waals surface area contributed by atoms with Crippen LogP contribution in [0, 0.1) is 16.7 Å². The molecule has 2 unspecified atom stereocenters. The van der Waals surface area contributed by atoms with Crippen LogP contribution in [0.1, 0.15) is 40.0 Å². The first-order valence-electron chi connectivity index (χ1n) is 9.73. The Balaban J connectivity index is 2.12. The van der Waals surface area contributed by atoms with Crippen molar-refractivity contribution in [3.05, 3.63) is 0 Å². The fourth-order valence-electron chi connectivity index (χ4n) is 3.41. The highest BCUT2D eigenvalue weighted by Gasteiger charge is 2.36. The summed E-state index contributed by atoms with van der Waals surface area (Å²) in [5, 5.41) is 12.2. The molecule has 8 heteroatoms. The number of nitriles is 1. The molecular formula is C19H32N4O4. The smallest absolute Gasteiger partial charge is 0.410 e. The van der Waals surface area contributed by atoms with Crippen molar-refractivity contribution in [1.82, 2.24) is 15.1 Å². The van der Waals surface area contributed by atoms with Crippen LogP contribution in [0.2, 0.25) is 0 Å². The number of nitrogens with zero attached hydrogens (tertiary/aromatic N) is 3. The van der Waals surface area contributed by atoms with Crippen LogP contribution in [0.15, 0.2) is 0 Å². The molecule has 2 saturated heterocycles. The van der Waals surface area contributed by atoms with Crippen LogP contribution in [0.3, 0.4) is 0 Å². The fraction of sp³-hybridized carbons (Fsp3) is 0.842. The van der Waals surface area contributed by atoms with Crippen LogP contribution < -0.4 is 5.32 Å². The van der Waals surface area contributed by atoms with E-state index in [-0.39, 0.29) is 23.8 Å². The quantitative estimate of drug-likeness (QED) is 0.748. The molecule has 0 aliphatic carbocycles. The third-order valence-electron chi connectivity index (χ3n) is 4.81. The summed E-state index contributed by atoms with van der Waals surface area (Å²) in [6.07, 6.45) is 0.231. The number of ether oxygens (including phenoxy) is 2. The van der Waals surface area contributed by atoms with E-state index in [4.69, 9.17) is 14.7 Å². The van der Waals surface area contributed by atoms with Gasteiger partial charge in [0, 0.05) is 32.2 Å². The van der Waals surface area contributed by atoms with Gasteiger partial charge >= 0.3 is 6.09 Å². The van der Waals surface area contributed by atoms with Gasteiger partial charge in [0.05, 0.1) is 25.7 Å². The summed E-state index contributed by atoms with van der Waals surface area (Å²) in [5.74, 6) is -0.199. The Morgan fingerprint density at radius 2 is 2.07 bits per heavy atom. The van der Waals surface area contributed by atoms with E-state index in [2.05, 4.69) is 11.4 Å². The highest BCUT2D eigenvalue weighted by atomic mass is 16.6. The van der Waals surface area contributed by atoms with Crippen LogP contribution in [0.25, 0.3) is 0 Å². The molecule has 2 amide bonds. The number of hydrogen-bond acceptors (Lipinski definition) is 6. The molecule has 8 nitrogen and oxygen atoms in total. The van der Waals surface area contributed by atoms with Crippen LogP contribution in [-0.4, -0.2) is 79.9 Å². The molecule has 152 valence electrons. The lowest BCUT2D eigenvalue weighted by Crippen LogP contribution is -2.51. The second-order valence-corrected chi connectivity index (χ2v) is 8.32. The van der Waals surface area contributed by atoms with Crippen LogP contribution in [0.5, 0.6) is 0 Å². The zero-order chi connectivity index (χ0) is 19.9. The van der Waals surface area contributed by atoms with Crippen molar-refractivity contribution in [1.29, 1.82) is 5.26 Å². The topological polar surface area (TPSA) is 94.9 Å². The second-order valence-electron chi connectivity index (χ2n) is 8.32. The van der Waals surface area contributed by atoms with Crippen molar-refractivity contribution in [2.45, 2.75) is 52.2 Å². The summed E-state index contributed by atoms with van der Waals surface area (Å²) in [5.41, 5.74) is -0.180. The summed E-state index contributed by atoms with van der Waals surface area (Å²) in [6, 6.07) is 2.15. The maximum atomic E-state index is 13.3. The summed E-state index contributed by atoms with van der Waals surface area (Å²) in [6.45, 7) is 9.88. The number of rotatable bonds is 6. The molecule has 0 aromatic rings. The first kappa shape index (κ1) is 21.5. The van der Waals surface area contributed by atoms with Crippen LogP contribution in [0.4, 0.5) is 4.79 Å². The van der Waals surface area contributed by atoms with Crippen molar-refractivity contribution in [2.75, 3.05) is 45.9 Å². The van der Waals surface area contributed by atoms with E-state index < -0.39 is 12.2 Å². The second kappa shape index (κ2) is 9.90. The van der Waals surface area contributed by atoms with E-state index in [9.17, 15) is 9.59 Å². The standard InChI is InChI=1S/C19H32N4O4/c1-19(2,3)13-16(27-18(25)22-9-11-26-12-10-22)17(24)23(8-4-6-20)15-5-7-21-14-15/h15-16,21H,4-5,7-14H2,1-3H3. The number of hydrogen-bond donors (Lipinski definition) is 1. The minimum atomic E-state index is -0.848. The van der Waals surface area contributed by atoms with Gasteiger partial charge in [-0.3, -0.25) is 4.79 Å². The van der Waals surface area contributed by atoms with E-state index in [1.165, 1.54) is 0 Å². The highest BCUT2D eigenvalue weighted by Crippen LogP contribution is 2.25. The van der Waals surface area contributed by atoms with E-state index in [0.29, 0.717) is 45.8 Å². The van der Waals surface area contributed by atoms with Gasteiger partial charge in [-0.15, -0.1) is 0 Å². The minimum Gasteiger partial charge on any atom is -0.436 e. The molecule has 2 fully saturated rings. The van der Waals surface area contributed by atoms with Gasteiger partial charge in [-0.1, -0.05) is 20.8 Å². The predicted octanol–water partition coefficient (Wildman–Crippen LogP) is 1.36. The first-order chi connectivity index (χ1) is 12.8. The summed E-state index contributed by atoms with van der Waals surface area (Å²) in [7, 11) is 0. The largest absolute Gasteiger partial charge is 0.436 e. The maximum Gasteiger partial charge on any atom is 0.410 e. The van der Waals surface area contributed by atoms with Crippen LogP contribution in [-0.2, 0) is 14.3 Å². The normalized spacial score (nSPS) is 21.4. The first-order valence-corrected chi connectivity index (χ1v) is 9.73. The van der Waals surface area contributed by atoms with Gasteiger partial charge in [0.2, 0.25) is 0 Å². The number of carbonyl (C=O) groups excluding carboxylic acids is 2. The molecule has 2 atom stereocenters. The summed E-state index contributed by atoms with van der Waals surface area (Å²) >= 11 is 0. The SMILES string of the molecule is CC(C)(C)CC(OC(=O)N1CCOCC1)C(=O)N(CCC#N)C1CCNC1. The van der Waals surface area contributed by atoms with Gasteiger partial charge in [-0.05, 0) is 24.8 Å². The van der Waals surface area contributed by atoms with Crippen molar-refractivity contribution < 1.29 is 19.1 Å². The number of morpholine rings is 1. The predicted molar refractivity (Wildman–Crippen MR) is 100.0 cm³/mol. The summed E-state index contributed by atoms with van der Waals surface area (Å²) in [4.78, 5) is 29.2. The van der Waals surface area contributed by atoms with Crippen molar-refractivity contribution in [3.8, 4) is 6.07 Å². The maximum absolute atomic E-state index is 13.3. The monoisotopic (exact) mass is 380 g/mol. The van der Waals surface area contributed by atoms with Gasteiger partial charge < -0.3 is 24.6 Å². The molecule has 2 rings (SSSR count). The Bertz CT molecular complexity index is 543. The fourth-order valence-corrected chi connectivity index (χ4v) is 3.41. The van der Waals surface area contributed by atoms with Gasteiger partial charge in [0.25, 0.3) is 5.91 Å². The number of carbonyl (C=O) groups is 2. The molecule has 0 radical (unpaired) electrons. The lowest BCUT2D eigenvalue weighted by atomic mass is 9.88. The molecule has 0 bridgehead atoms. The van der Waals surface area contributed by atoms with Gasteiger partial charge in [0.15, 0.2) is 6.10 Å². The van der Waals surface area contributed by atoms with Gasteiger partial charge in [-0.2, -0.15) is 5.26 Å². The zero-order valence-corrected chi connectivity index (χ0v) is 16.7. The molecule has 0 aromatic carbocycles. The van der Waals surface area contributed by atoms with E-state index in [0.717, 1.165) is 13.0 Å². The molecule has 0 spiro atoms. The lowest BCUT2D eigenvalue weighted by Gasteiger charge is -2.35. The molecule has 2 aliphatic heterocycles. The third kappa shape index (κ3) is 6.67. The highest BCUT2D eigenvalue weighted by molar-refractivity contribution is 5.84. The lowest BCUT2D eigenvalue weighted by molar-refractivity contribution is -0.144. The molecule has 27 heavy (non-hydrogen) atoms. The minimum absolute atomic E-state index is 0.0374. The Hall–Kier alpha value is -1.85. The van der Waals surface area contributed by atoms with Gasteiger partial charge in [0.1, 0.15) is 0 Å². The summed E-state index contributed by atoms with van der Waals surface area (Å²) < 4.78 is 11.0. The Morgan fingerprint density at radius 3 is 2.63 bits per heavy atom. The molecular weight excluding hydrogens is 348 g/mol. The van der Waals surface area contributed by atoms with Gasteiger partial charge in [-0.25, -0.2) is 4.79 Å². The molecule has 0 saturated carbocycles. The van der Waals surface area contributed by atoms with Crippen LogP contribution >= 0.6 is 0 Å². The molecule has 2 heterocycles. The average Bonchev–Trinajstić information content (AvgIpc) is 3.15. The molecule has 2 aliphatic rings. The van der Waals surface area contributed by atoms with Crippen molar-refractivity contribution >= 4 is 12.0 Å². The molecule has 0 aromatic heterocycles. The van der Waals surface area contributed by atoms with E-state index in [1.54, 1.807) is 9.80 Å². The molecule has 1 N–H and O–H groups in total. The Labute approximate surface area is 161 Å². The van der Waals surface area contributed by atoms with E-state index in [1.807, 2.05) is 20.8 Å². The number of nitrogens with one attached hydrogen (secondary N) is 1. The average molecular weight is 380 g/mol.